The largest absolute Gasteiger partial charge is 0.494 e. The van der Waals surface area contributed by atoms with Gasteiger partial charge in [0.2, 0.25) is 0 Å². The highest BCUT2D eigenvalue weighted by Gasteiger charge is 2.09. The molecule has 0 spiro atoms. The highest BCUT2D eigenvalue weighted by atomic mass is 16.5. The van der Waals surface area contributed by atoms with Crippen molar-refractivity contribution in [1.82, 2.24) is 4.90 Å². The van der Waals surface area contributed by atoms with E-state index in [4.69, 9.17) is 9.47 Å². The van der Waals surface area contributed by atoms with E-state index in [0.29, 0.717) is 6.54 Å². The fourth-order valence-electron chi connectivity index (χ4n) is 5.06. The topological polar surface area (TPSA) is 41.9 Å². The van der Waals surface area contributed by atoms with Crippen molar-refractivity contribution in [1.29, 1.82) is 0 Å². The molecule has 0 fully saturated rings. The lowest BCUT2D eigenvalue weighted by Gasteiger charge is -2.22. The SMILES string of the molecule is OCCN(Cc1ccc(Oc2ccccc2)cc1)Cc1ccc2cc(OCCCCCc3ccccc3)ccc2c1. The van der Waals surface area contributed by atoms with Crippen molar-refractivity contribution in [3.05, 3.63) is 138 Å². The molecule has 0 aromatic heterocycles. The molecule has 5 rings (SSSR count). The highest BCUT2D eigenvalue weighted by molar-refractivity contribution is 5.84. The lowest BCUT2D eigenvalue weighted by Crippen LogP contribution is -2.26. The maximum absolute atomic E-state index is 9.70. The second-order valence-corrected chi connectivity index (χ2v) is 10.5. The lowest BCUT2D eigenvalue weighted by atomic mass is 10.1. The Balaban J connectivity index is 1.11. The third-order valence-electron chi connectivity index (χ3n) is 7.23. The number of rotatable bonds is 15. The fraction of sp³-hybridized carbons (Fsp3) is 0.243. The number of benzene rings is 5. The van der Waals surface area contributed by atoms with E-state index in [9.17, 15) is 5.11 Å². The van der Waals surface area contributed by atoms with E-state index in [-0.39, 0.29) is 6.61 Å². The molecule has 5 aromatic carbocycles. The second-order valence-electron chi connectivity index (χ2n) is 10.5. The van der Waals surface area contributed by atoms with E-state index in [1.54, 1.807) is 0 Å². The van der Waals surface area contributed by atoms with Crippen molar-refractivity contribution in [3.8, 4) is 17.2 Å². The molecule has 0 bridgehead atoms. The molecular weight excluding hydrogens is 506 g/mol. The van der Waals surface area contributed by atoms with Crippen LogP contribution in [0.3, 0.4) is 0 Å². The van der Waals surface area contributed by atoms with Gasteiger partial charge in [0.15, 0.2) is 0 Å². The predicted octanol–water partition coefficient (Wildman–Crippen LogP) is 8.42. The average molecular weight is 546 g/mol. The number of aliphatic hydroxyl groups is 1. The number of unbranched alkanes of at least 4 members (excludes halogenated alkanes) is 2. The second kappa shape index (κ2) is 15.0. The predicted molar refractivity (Wildman–Crippen MR) is 168 cm³/mol. The molecule has 0 radical (unpaired) electrons. The summed E-state index contributed by atoms with van der Waals surface area (Å²) in [6.07, 6.45) is 4.55. The zero-order valence-electron chi connectivity index (χ0n) is 23.6. The van der Waals surface area contributed by atoms with Gasteiger partial charge < -0.3 is 14.6 Å². The number of aryl methyl sites for hydroxylation is 1. The summed E-state index contributed by atoms with van der Waals surface area (Å²) in [6, 6.07) is 41.6. The standard InChI is InChI=1S/C37H39NO3/c39-24-23-38(28-31-16-20-36(21-17-31)41-35-13-7-2-8-14-35)29-32-15-18-34-27-37(22-19-33(34)26-32)40-25-9-3-6-12-30-10-4-1-5-11-30/h1-2,4-5,7-8,10-11,13-22,26-27,39H,3,6,9,12,23-25,28-29H2. The number of ether oxygens (including phenoxy) is 2. The molecule has 0 aliphatic carbocycles. The minimum absolute atomic E-state index is 0.121. The Morgan fingerprint density at radius 1 is 0.537 bits per heavy atom. The summed E-state index contributed by atoms with van der Waals surface area (Å²) in [5, 5.41) is 12.1. The van der Waals surface area contributed by atoms with Gasteiger partial charge in [-0.05, 0) is 95.6 Å². The Bertz CT molecular complexity index is 1470. The Labute approximate surface area is 243 Å². The summed E-state index contributed by atoms with van der Waals surface area (Å²) < 4.78 is 12.0. The maximum atomic E-state index is 9.70. The molecule has 0 amide bonds. The zero-order chi connectivity index (χ0) is 28.1. The van der Waals surface area contributed by atoms with Crippen LogP contribution in [0.2, 0.25) is 0 Å². The smallest absolute Gasteiger partial charge is 0.127 e. The first-order valence-corrected chi connectivity index (χ1v) is 14.6. The number of hydrogen-bond donors (Lipinski definition) is 1. The molecule has 210 valence electrons. The third-order valence-corrected chi connectivity index (χ3v) is 7.23. The van der Waals surface area contributed by atoms with Gasteiger partial charge in [0.25, 0.3) is 0 Å². The number of fused-ring (bicyclic) bond motifs is 1. The molecule has 4 heteroatoms. The summed E-state index contributed by atoms with van der Waals surface area (Å²) in [6.45, 7) is 2.99. The first-order valence-electron chi connectivity index (χ1n) is 14.6. The number of para-hydroxylation sites is 1. The molecule has 0 unspecified atom stereocenters. The maximum Gasteiger partial charge on any atom is 0.127 e. The van der Waals surface area contributed by atoms with Crippen LogP contribution in [0.25, 0.3) is 10.8 Å². The van der Waals surface area contributed by atoms with Crippen LogP contribution in [0.5, 0.6) is 17.2 Å². The molecular formula is C37H39NO3. The van der Waals surface area contributed by atoms with Crippen LogP contribution in [0.15, 0.2) is 121 Å². The van der Waals surface area contributed by atoms with Crippen LogP contribution in [-0.2, 0) is 19.5 Å². The van der Waals surface area contributed by atoms with Crippen molar-refractivity contribution < 1.29 is 14.6 Å². The van der Waals surface area contributed by atoms with Crippen molar-refractivity contribution in [3.63, 3.8) is 0 Å². The van der Waals surface area contributed by atoms with Crippen molar-refractivity contribution in [2.75, 3.05) is 19.8 Å². The monoisotopic (exact) mass is 545 g/mol. The average Bonchev–Trinajstić information content (AvgIpc) is 3.01. The van der Waals surface area contributed by atoms with Crippen LogP contribution in [-0.4, -0.2) is 29.8 Å². The van der Waals surface area contributed by atoms with Gasteiger partial charge >= 0.3 is 0 Å². The van der Waals surface area contributed by atoms with Crippen LogP contribution >= 0.6 is 0 Å². The Kier molecular flexibility index (Phi) is 10.4. The normalized spacial score (nSPS) is 11.2. The molecule has 0 saturated heterocycles. The Hall–Kier alpha value is -4.12. The summed E-state index contributed by atoms with van der Waals surface area (Å²) in [7, 11) is 0. The first kappa shape index (κ1) is 28.4. The van der Waals surface area contributed by atoms with Crippen molar-refractivity contribution in [2.45, 2.75) is 38.8 Å². The van der Waals surface area contributed by atoms with Crippen LogP contribution < -0.4 is 9.47 Å². The van der Waals surface area contributed by atoms with Crippen LogP contribution in [0.4, 0.5) is 0 Å². The number of aliphatic hydroxyl groups excluding tert-OH is 1. The van der Waals surface area contributed by atoms with Gasteiger partial charge in [-0.15, -0.1) is 0 Å². The summed E-state index contributed by atoms with van der Waals surface area (Å²) in [5.74, 6) is 2.57. The summed E-state index contributed by atoms with van der Waals surface area (Å²) >= 11 is 0. The minimum Gasteiger partial charge on any atom is -0.494 e. The zero-order valence-corrected chi connectivity index (χ0v) is 23.6. The van der Waals surface area contributed by atoms with Crippen molar-refractivity contribution in [2.24, 2.45) is 0 Å². The van der Waals surface area contributed by atoms with Crippen LogP contribution in [0, 0.1) is 0 Å². The minimum atomic E-state index is 0.121. The number of nitrogens with zero attached hydrogens (tertiary/aromatic N) is 1. The van der Waals surface area contributed by atoms with Gasteiger partial charge in [-0.1, -0.05) is 78.9 Å². The van der Waals surface area contributed by atoms with E-state index in [1.165, 1.54) is 40.3 Å². The van der Waals surface area contributed by atoms with E-state index < -0.39 is 0 Å². The summed E-state index contributed by atoms with van der Waals surface area (Å²) in [4.78, 5) is 2.27. The van der Waals surface area contributed by atoms with Crippen LogP contribution in [0.1, 0.15) is 36.0 Å². The molecule has 41 heavy (non-hydrogen) atoms. The highest BCUT2D eigenvalue weighted by Crippen LogP contribution is 2.25. The fourth-order valence-corrected chi connectivity index (χ4v) is 5.06. The molecule has 0 aliphatic heterocycles. The Morgan fingerprint density at radius 2 is 1.17 bits per heavy atom. The first-order chi connectivity index (χ1) is 20.2. The summed E-state index contributed by atoms with van der Waals surface area (Å²) in [5.41, 5.74) is 3.81. The lowest BCUT2D eigenvalue weighted by molar-refractivity contribution is 0.184. The van der Waals surface area contributed by atoms with Crippen molar-refractivity contribution >= 4 is 10.8 Å². The van der Waals surface area contributed by atoms with E-state index >= 15 is 0 Å². The molecule has 5 aromatic rings. The van der Waals surface area contributed by atoms with Gasteiger partial charge in [-0.25, -0.2) is 0 Å². The molecule has 0 saturated carbocycles. The quantitative estimate of drug-likeness (QED) is 0.134. The number of hydrogen-bond acceptors (Lipinski definition) is 4. The Morgan fingerprint density at radius 3 is 1.95 bits per heavy atom. The molecule has 0 atom stereocenters. The molecule has 0 aliphatic rings. The van der Waals surface area contributed by atoms with E-state index in [2.05, 4.69) is 83.8 Å². The third kappa shape index (κ3) is 8.94. The van der Waals surface area contributed by atoms with Gasteiger partial charge in [0, 0.05) is 19.6 Å². The van der Waals surface area contributed by atoms with Gasteiger partial charge in [-0.3, -0.25) is 4.90 Å². The van der Waals surface area contributed by atoms with E-state index in [0.717, 1.165) is 49.8 Å². The van der Waals surface area contributed by atoms with E-state index in [1.807, 2.05) is 42.5 Å². The van der Waals surface area contributed by atoms with Gasteiger partial charge in [0.1, 0.15) is 17.2 Å². The van der Waals surface area contributed by atoms with Gasteiger partial charge in [0.05, 0.1) is 13.2 Å². The molecule has 1 N–H and O–H groups in total. The molecule has 0 heterocycles. The van der Waals surface area contributed by atoms with Gasteiger partial charge in [-0.2, -0.15) is 0 Å². The molecule has 4 nitrogen and oxygen atoms in total.